The standard InChI is InChI=1S/C4Br3Cl2F4I/c5-3(6,7)1(10,11)2(12,13)4(8,9)14. The van der Waals surface area contributed by atoms with E-state index < -0.39 is 16.3 Å². The first-order valence-electron chi connectivity index (χ1n) is 2.64. The van der Waals surface area contributed by atoms with E-state index in [2.05, 4.69) is 47.8 Å². The highest BCUT2D eigenvalue weighted by Crippen LogP contribution is 2.61. The van der Waals surface area contributed by atoms with Crippen molar-refractivity contribution in [1.82, 2.24) is 0 Å². The van der Waals surface area contributed by atoms with Gasteiger partial charge in [-0.1, -0.05) is 71.0 Å². The SMILES string of the molecule is FC(F)(C(Br)(Br)Br)C(F)(F)C(Cl)(Cl)I. The highest BCUT2D eigenvalue weighted by atomic mass is 127. The molecule has 0 amide bonds. The lowest BCUT2D eigenvalue weighted by Gasteiger charge is -2.36. The van der Waals surface area contributed by atoms with E-state index in [9.17, 15) is 17.6 Å². The fourth-order valence-corrected chi connectivity index (χ4v) is 1.68. The summed E-state index contributed by atoms with van der Waals surface area (Å²) in [5, 5.41) is 0. The maximum atomic E-state index is 13.1. The van der Waals surface area contributed by atoms with Crippen LogP contribution in [0, 0.1) is 0 Å². The molecular formula is C4Br3Cl2F4I. The average molecular weight is 562 g/mol. The molecule has 0 saturated carbocycles. The fourth-order valence-electron chi connectivity index (χ4n) is 0.356. The Morgan fingerprint density at radius 3 is 1.21 bits per heavy atom. The van der Waals surface area contributed by atoms with Crippen LogP contribution in [0.25, 0.3) is 0 Å². The van der Waals surface area contributed by atoms with Crippen molar-refractivity contribution < 1.29 is 17.6 Å². The van der Waals surface area contributed by atoms with Crippen LogP contribution < -0.4 is 0 Å². The molecule has 0 aromatic carbocycles. The lowest BCUT2D eigenvalue weighted by atomic mass is 10.2. The molecule has 0 aromatic heterocycles. The molecule has 0 fully saturated rings. The molecule has 0 aliphatic heterocycles. The minimum Gasteiger partial charge on any atom is -0.196 e. The molecule has 10 heteroatoms. The Labute approximate surface area is 126 Å². The van der Waals surface area contributed by atoms with Gasteiger partial charge in [-0.25, -0.2) is 0 Å². The number of hydrogen-bond acceptors (Lipinski definition) is 0. The van der Waals surface area contributed by atoms with Gasteiger partial charge in [0, 0.05) is 0 Å². The van der Waals surface area contributed by atoms with E-state index in [0.717, 1.165) is 22.6 Å². The molecule has 0 nitrogen and oxygen atoms in total. The van der Waals surface area contributed by atoms with Crippen molar-refractivity contribution in [3.05, 3.63) is 0 Å². The zero-order valence-corrected chi connectivity index (χ0v) is 14.2. The van der Waals surface area contributed by atoms with Gasteiger partial charge in [-0.05, 0) is 22.6 Å². The third-order valence-electron chi connectivity index (χ3n) is 1.11. The van der Waals surface area contributed by atoms with Crippen LogP contribution in [0.3, 0.4) is 0 Å². The first kappa shape index (κ1) is 16.5. The van der Waals surface area contributed by atoms with E-state index in [4.69, 9.17) is 23.2 Å². The molecule has 0 unspecified atom stereocenters. The van der Waals surface area contributed by atoms with Crippen molar-refractivity contribution in [2.45, 2.75) is 16.3 Å². The van der Waals surface area contributed by atoms with Gasteiger partial charge in [-0.15, -0.1) is 0 Å². The van der Waals surface area contributed by atoms with Crippen molar-refractivity contribution in [2.24, 2.45) is 0 Å². The maximum Gasteiger partial charge on any atom is 0.354 e. The van der Waals surface area contributed by atoms with Gasteiger partial charge in [0.25, 0.3) is 0 Å². The summed E-state index contributed by atoms with van der Waals surface area (Å²) >= 11 is 17.7. The summed E-state index contributed by atoms with van der Waals surface area (Å²) in [7, 11) is 0. The maximum absolute atomic E-state index is 13.1. The number of rotatable bonds is 2. The Balaban J connectivity index is 5.30. The van der Waals surface area contributed by atoms with Gasteiger partial charge in [0.1, 0.15) is 0 Å². The van der Waals surface area contributed by atoms with Crippen molar-refractivity contribution in [2.75, 3.05) is 0 Å². The predicted molar refractivity (Wildman–Crippen MR) is 67.9 cm³/mol. The zero-order valence-electron chi connectivity index (χ0n) is 5.78. The monoisotopic (exact) mass is 558 g/mol. The summed E-state index contributed by atoms with van der Waals surface area (Å²) in [4.78, 5) is 0. The molecular weight excluding hydrogens is 562 g/mol. The normalized spacial score (nSPS) is 15.9. The largest absolute Gasteiger partial charge is 0.354 e. The predicted octanol–water partition coefficient (Wildman–Crippen LogP) is 5.66. The Morgan fingerprint density at radius 2 is 1.14 bits per heavy atom. The van der Waals surface area contributed by atoms with E-state index in [0.29, 0.717) is 0 Å². The smallest absolute Gasteiger partial charge is 0.196 e. The van der Waals surface area contributed by atoms with E-state index in [-0.39, 0.29) is 0 Å². The van der Waals surface area contributed by atoms with E-state index >= 15 is 0 Å². The lowest BCUT2D eigenvalue weighted by Crippen LogP contribution is -2.56. The number of hydrogen-bond donors (Lipinski definition) is 0. The molecule has 0 bridgehead atoms. The van der Waals surface area contributed by atoms with Crippen LogP contribution in [0.5, 0.6) is 0 Å². The van der Waals surface area contributed by atoms with Crippen LogP contribution in [0.15, 0.2) is 0 Å². The van der Waals surface area contributed by atoms with Crippen molar-refractivity contribution >= 4 is 93.6 Å². The molecule has 0 aliphatic carbocycles. The summed E-state index contributed by atoms with van der Waals surface area (Å²) in [6.45, 7) is 0. The van der Waals surface area contributed by atoms with Gasteiger partial charge < -0.3 is 0 Å². The van der Waals surface area contributed by atoms with Crippen molar-refractivity contribution in [3.63, 3.8) is 0 Å². The van der Waals surface area contributed by atoms with E-state index in [1.165, 1.54) is 0 Å². The van der Waals surface area contributed by atoms with Gasteiger partial charge in [0.05, 0.1) is 0 Å². The number of halogens is 10. The highest BCUT2D eigenvalue weighted by molar-refractivity contribution is 14.1. The third kappa shape index (κ3) is 3.02. The van der Waals surface area contributed by atoms with Gasteiger partial charge in [0.15, 0.2) is 0 Å². The third-order valence-corrected chi connectivity index (χ3v) is 3.75. The minimum atomic E-state index is -4.64. The molecule has 0 N–H and O–H groups in total. The Bertz CT molecular complexity index is 200. The molecule has 0 spiro atoms. The molecule has 0 atom stereocenters. The second-order valence-corrected chi connectivity index (χ2v) is 13.1. The van der Waals surface area contributed by atoms with Crippen molar-refractivity contribution in [1.29, 1.82) is 0 Å². The molecule has 86 valence electrons. The number of alkyl halides is 10. The summed E-state index contributed by atoms with van der Waals surface area (Å²) in [6.07, 6.45) is 0. The van der Waals surface area contributed by atoms with Crippen LogP contribution >= 0.6 is 93.6 Å². The summed E-state index contributed by atoms with van der Waals surface area (Å²) < 4.78 is 47.1. The van der Waals surface area contributed by atoms with Crippen LogP contribution in [0.2, 0.25) is 0 Å². The first-order chi connectivity index (χ1) is 5.75. The summed E-state index contributed by atoms with van der Waals surface area (Å²) in [6, 6.07) is 0. The molecule has 0 saturated heterocycles. The first-order valence-corrected chi connectivity index (χ1v) is 6.85. The molecule has 0 rings (SSSR count). The Kier molecular flexibility index (Phi) is 5.44. The van der Waals surface area contributed by atoms with Crippen LogP contribution in [0.1, 0.15) is 0 Å². The van der Waals surface area contributed by atoms with Gasteiger partial charge in [-0.3, -0.25) is 0 Å². The van der Waals surface area contributed by atoms with Gasteiger partial charge in [-0.2, -0.15) is 17.6 Å². The lowest BCUT2D eigenvalue weighted by molar-refractivity contribution is -0.194. The zero-order chi connectivity index (χ0) is 12.0. The molecule has 0 aromatic rings. The topological polar surface area (TPSA) is 0 Å². The fraction of sp³-hybridized carbons (Fsp3) is 1.00. The van der Waals surface area contributed by atoms with Crippen molar-refractivity contribution in [3.8, 4) is 0 Å². The van der Waals surface area contributed by atoms with E-state index in [1.54, 1.807) is 0 Å². The minimum absolute atomic E-state index is 0.823. The average Bonchev–Trinajstić information content (AvgIpc) is 1.81. The van der Waals surface area contributed by atoms with Gasteiger partial charge >= 0.3 is 11.8 Å². The molecule has 0 radical (unpaired) electrons. The summed E-state index contributed by atoms with van der Waals surface area (Å²) in [5.41, 5.74) is 0. The van der Waals surface area contributed by atoms with E-state index in [1.807, 2.05) is 0 Å². The van der Waals surface area contributed by atoms with Crippen LogP contribution in [0.4, 0.5) is 17.6 Å². The Morgan fingerprint density at radius 1 is 0.857 bits per heavy atom. The molecule has 0 heterocycles. The quantitative estimate of drug-likeness (QED) is 0.232. The van der Waals surface area contributed by atoms with Crippen LogP contribution in [-0.4, -0.2) is 16.3 Å². The molecule has 0 aliphatic rings. The van der Waals surface area contributed by atoms with Gasteiger partial charge in [0.2, 0.25) is 4.48 Å². The Hall–Kier alpha value is 2.47. The molecule has 14 heavy (non-hydrogen) atoms. The summed E-state index contributed by atoms with van der Waals surface area (Å²) in [5.74, 6) is -9.18. The highest BCUT2D eigenvalue weighted by Gasteiger charge is 2.74. The second kappa shape index (κ2) is 4.62. The van der Waals surface area contributed by atoms with Crippen LogP contribution in [-0.2, 0) is 0 Å². The second-order valence-electron chi connectivity index (χ2n) is 2.14.